The van der Waals surface area contributed by atoms with Gasteiger partial charge in [0.25, 0.3) is 0 Å². The quantitative estimate of drug-likeness (QED) is 0.755. The van der Waals surface area contributed by atoms with Crippen molar-refractivity contribution in [3.63, 3.8) is 0 Å². The molecule has 1 rings (SSSR count). The maximum atomic E-state index is 11.6. The molecule has 0 aliphatic heterocycles. The summed E-state index contributed by atoms with van der Waals surface area (Å²) in [5.41, 5.74) is 0.491. The van der Waals surface area contributed by atoms with Crippen molar-refractivity contribution in [2.75, 3.05) is 7.05 Å². The van der Waals surface area contributed by atoms with Crippen LogP contribution in [0.1, 0.15) is 26.3 Å². The van der Waals surface area contributed by atoms with Crippen LogP contribution in [0.15, 0.2) is 23.0 Å². The molecule has 1 amide bonds. The van der Waals surface area contributed by atoms with Crippen molar-refractivity contribution in [3.8, 4) is 0 Å². The van der Waals surface area contributed by atoms with Crippen molar-refractivity contribution in [1.29, 1.82) is 0 Å². The fourth-order valence-corrected chi connectivity index (χ4v) is 1.06. The van der Waals surface area contributed by atoms with Crippen LogP contribution >= 0.6 is 0 Å². The Labute approximate surface area is 89.8 Å². The average Bonchev–Trinajstić information content (AvgIpc) is 2.53. The third kappa shape index (κ3) is 4.06. The van der Waals surface area contributed by atoms with Crippen molar-refractivity contribution in [1.82, 2.24) is 4.90 Å². The highest BCUT2D eigenvalue weighted by Crippen LogP contribution is 2.11. The molecule has 0 N–H and O–H groups in total. The monoisotopic (exact) mass is 211 g/mol. The standard InChI is InChI=1S/C11H17NO3/c1-11(2,3)15-10(13)12(4)7-9-5-6-14-8-9/h5-6,8H,7H2,1-4H3. The zero-order valence-corrected chi connectivity index (χ0v) is 9.61. The highest BCUT2D eigenvalue weighted by Gasteiger charge is 2.19. The van der Waals surface area contributed by atoms with Gasteiger partial charge in [-0.25, -0.2) is 4.79 Å². The summed E-state index contributed by atoms with van der Waals surface area (Å²) in [6.07, 6.45) is 2.86. The molecule has 1 aromatic heterocycles. The van der Waals surface area contributed by atoms with E-state index in [1.165, 1.54) is 4.90 Å². The van der Waals surface area contributed by atoms with E-state index in [1.54, 1.807) is 19.6 Å². The first kappa shape index (κ1) is 11.6. The molecule has 0 bridgehead atoms. The van der Waals surface area contributed by atoms with Crippen LogP contribution in [0.5, 0.6) is 0 Å². The van der Waals surface area contributed by atoms with Gasteiger partial charge < -0.3 is 14.1 Å². The van der Waals surface area contributed by atoms with E-state index in [-0.39, 0.29) is 6.09 Å². The smallest absolute Gasteiger partial charge is 0.410 e. The van der Waals surface area contributed by atoms with E-state index in [9.17, 15) is 4.79 Å². The summed E-state index contributed by atoms with van der Waals surface area (Å²) in [7, 11) is 1.70. The Hall–Kier alpha value is -1.45. The second kappa shape index (κ2) is 4.38. The normalized spacial score (nSPS) is 11.2. The van der Waals surface area contributed by atoms with Gasteiger partial charge in [-0.1, -0.05) is 0 Å². The number of furan rings is 1. The van der Waals surface area contributed by atoms with E-state index >= 15 is 0 Å². The molecule has 0 aromatic carbocycles. The molecular formula is C11H17NO3. The third-order valence-electron chi connectivity index (χ3n) is 1.71. The van der Waals surface area contributed by atoms with Crippen LogP contribution in [0.25, 0.3) is 0 Å². The van der Waals surface area contributed by atoms with Crippen LogP contribution in [-0.2, 0) is 11.3 Å². The molecule has 0 fully saturated rings. The minimum absolute atomic E-state index is 0.330. The summed E-state index contributed by atoms with van der Waals surface area (Å²) >= 11 is 0. The molecule has 0 aliphatic rings. The summed E-state index contributed by atoms with van der Waals surface area (Å²) in [5.74, 6) is 0. The van der Waals surface area contributed by atoms with Crippen molar-refractivity contribution >= 4 is 6.09 Å². The summed E-state index contributed by atoms with van der Waals surface area (Å²) in [6.45, 7) is 6.02. The average molecular weight is 211 g/mol. The SMILES string of the molecule is CN(Cc1ccoc1)C(=O)OC(C)(C)C. The molecule has 1 aromatic rings. The number of carbonyl (C=O) groups excluding carboxylic acids is 1. The molecule has 15 heavy (non-hydrogen) atoms. The van der Waals surface area contributed by atoms with Gasteiger partial charge in [-0.15, -0.1) is 0 Å². The minimum atomic E-state index is -0.457. The van der Waals surface area contributed by atoms with E-state index in [0.717, 1.165) is 5.56 Å². The van der Waals surface area contributed by atoms with Gasteiger partial charge in [0.1, 0.15) is 5.60 Å². The van der Waals surface area contributed by atoms with Gasteiger partial charge in [0.05, 0.1) is 19.1 Å². The molecule has 0 atom stereocenters. The van der Waals surface area contributed by atoms with E-state index in [0.29, 0.717) is 6.54 Å². The van der Waals surface area contributed by atoms with Gasteiger partial charge in [-0.05, 0) is 26.8 Å². The molecule has 1 heterocycles. The van der Waals surface area contributed by atoms with Crippen molar-refractivity contribution in [2.45, 2.75) is 32.9 Å². The highest BCUT2D eigenvalue weighted by atomic mass is 16.6. The fraction of sp³-hybridized carbons (Fsp3) is 0.545. The molecule has 0 aliphatic carbocycles. The maximum Gasteiger partial charge on any atom is 0.410 e. The lowest BCUT2D eigenvalue weighted by Crippen LogP contribution is -2.33. The van der Waals surface area contributed by atoms with E-state index in [1.807, 2.05) is 26.8 Å². The zero-order chi connectivity index (χ0) is 11.5. The van der Waals surface area contributed by atoms with Gasteiger partial charge in [0.2, 0.25) is 0 Å². The predicted molar refractivity (Wildman–Crippen MR) is 56.4 cm³/mol. The largest absolute Gasteiger partial charge is 0.472 e. The van der Waals surface area contributed by atoms with Gasteiger partial charge >= 0.3 is 6.09 Å². The number of ether oxygens (including phenoxy) is 1. The molecule has 4 nitrogen and oxygen atoms in total. The van der Waals surface area contributed by atoms with E-state index in [4.69, 9.17) is 9.15 Å². The Morgan fingerprint density at radius 3 is 2.67 bits per heavy atom. The van der Waals surface area contributed by atoms with Gasteiger partial charge in [0, 0.05) is 12.6 Å². The second-order valence-corrected chi connectivity index (χ2v) is 4.47. The number of rotatable bonds is 2. The summed E-state index contributed by atoms with van der Waals surface area (Å²) < 4.78 is 10.1. The van der Waals surface area contributed by atoms with Crippen LogP contribution < -0.4 is 0 Å². The van der Waals surface area contributed by atoms with Crippen LogP contribution in [0.3, 0.4) is 0 Å². The topological polar surface area (TPSA) is 42.7 Å². The Morgan fingerprint density at radius 2 is 2.20 bits per heavy atom. The highest BCUT2D eigenvalue weighted by molar-refractivity contribution is 5.67. The minimum Gasteiger partial charge on any atom is -0.472 e. The van der Waals surface area contributed by atoms with Crippen molar-refractivity contribution < 1.29 is 13.9 Å². The molecular weight excluding hydrogens is 194 g/mol. The molecule has 84 valence electrons. The molecule has 0 saturated carbocycles. The lowest BCUT2D eigenvalue weighted by atomic mass is 10.2. The predicted octanol–water partition coefficient (Wildman–Crippen LogP) is 2.65. The molecule has 4 heteroatoms. The second-order valence-electron chi connectivity index (χ2n) is 4.47. The number of nitrogens with zero attached hydrogens (tertiary/aromatic N) is 1. The van der Waals surface area contributed by atoms with Crippen LogP contribution in [0, 0.1) is 0 Å². The van der Waals surface area contributed by atoms with Gasteiger partial charge in [-0.3, -0.25) is 0 Å². The zero-order valence-electron chi connectivity index (χ0n) is 9.61. The maximum absolute atomic E-state index is 11.6. The molecule has 0 spiro atoms. The first-order valence-corrected chi connectivity index (χ1v) is 4.84. The van der Waals surface area contributed by atoms with Crippen molar-refractivity contribution in [2.24, 2.45) is 0 Å². The Bertz CT molecular complexity index is 311. The lowest BCUT2D eigenvalue weighted by Gasteiger charge is -2.24. The Morgan fingerprint density at radius 1 is 1.53 bits per heavy atom. The number of hydrogen-bond donors (Lipinski definition) is 0. The summed E-state index contributed by atoms with van der Waals surface area (Å²) in [6, 6.07) is 1.82. The van der Waals surface area contributed by atoms with Crippen LogP contribution in [0.4, 0.5) is 4.79 Å². The van der Waals surface area contributed by atoms with Crippen LogP contribution in [0.2, 0.25) is 0 Å². The third-order valence-corrected chi connectivity index (χ3v) is 1.71. The van der Waals surface area contributed by atoms with Crippen molar-refractivity contribution in [3.05, 3.63) is 24.2 Å². The lowest BCUT2D eigenvalue weighted by molar-refractivity contribution is 0.0285. The number of carbonyl (C=O) groups is 1. The van der Waals surface area contributed by atoms with Gasteiger partial charge in [0.15, 0.2) is 0 Å². The van der Waals surface area contributed by atoms with E-state index in [2.05, 4.69) is 0 Å². The van der Waals surface area contributed by atoms with E-state index < -0.39 is 5.60 Å². The number of hydrogen-bond acceptors (Lipinski definition) is 3. The number of amides is 1. The first-order valence-electron chi connectivity index (χ1n) is 4.84. The summed E-state index contributed by atoms with van der Waals surface area (Å²) in [4.78, 5) is 13.1. The molecule has 0 saturated heterocycles. The first-order chi connectivity index (χ1) is 6.88. The van der Waals surface area contributed by atoms with Crippen LogP contribution in [-0.4, -0.2) is 23.6 Å². The van der Waals surface area contributed by atoms with Gasteiger partial charge in [-0.2, -0.15) is 0 Å². The Kier molecular flexibility index (Phi) is 3.39. The summed E-state index contributed by atoms with van der Waals surface area (Å²) in [5, 5.41) is 0. The fourth-order valence-electron chi connectivity index (χ4n) is 1.06. The Balaban J connectivity index is 2.47. The molecule has 0 unspecified atom stereocenters. The molecule has 0 radical (unpaired) electrons.